The van der Waals surface area contributed by atoms with Gasteiger partial charge in [0.2, 0.25) is 5.76 Å². The van der Waals surface area contributed by atoms with Gasteiger partial charge in [-0.3, -0.25) is 0 Å². The first-order valence-corrected chi connectivity index (χ1v) is 5.34. The Balaban J connectivity index is 2.11. The van der Waals surface area contributed by atoms with Crippen LogP contribution in [0, 0.1) is 0 Å². The fraction of sp³-hybridized carbons (Fsp3) is 0.0714. The summed E-state index contributed by atoms with van der Waals surface area (Å²) in [5, 5.41) is 8.71. The van der Waals surface area contributed by atoms with Gasteiger partial charge in [-0.05, 0) is 35.9 Å². The molecule has 0 amide bonds. The molecule has 0 radical (unpaired) electrons. The van der Waals surface area contributed by atoms with E-state index in [1.807, 2.05) is 30.3 Å². The minimum Gasteiger partial charge on any atom is -0.497 e. The van der Waals surface area contributed by atoms with Gasteiger partial charge in [-0.25, -0.2) is 4.79 Å². The number of aromatic carboxylic acids is 1. The predicted octanol–water partition coefficient (Wildman–Crippen LogP) is 3.16. The van der Waals surface area contributed by atoms with E-state index in [2.05, 4.69) is 0 Å². The largest absolute Gasteiger partial charge is 0.497 e. The van der Waals surface area contributed by atoms with E-state index in [1.54, 1.807) is 19.3 Å². The lowest BCUT2D eigenvalue weighted by atomic mass is 10.2. The van der Waals surface area contributed by atoms with Crippen molar-refractivity contribution in [2.45, 2.75) is 0 Å². The van der Waals surface area contributed by atoms with Crippen molar-refractivity contribution in [2.75, 3.05) is 7.11 Å². The van der Waals surface area contributed by atoms with Crippen LogP contribution in [0.25, 0.3) is 12.2 Å². The Bertz CT molecular complexity index is 564. The van der Waals surface area contributed by atoms with Crippen molar-refractivity contribution in [3.8, 4) is 5.75 Å². The number of benzene rings is 1. The first-order valence-electron chi connectivity index (χ1n) is 5.34. The van der Waals surface area contributed by atoms with Crippen molar-refractivity contribution in [3.05, 3.63) is 53.5 Å². The molecule has 0 saturated carbocycles. The first kappa shape index (κ1) is 12.0. The molecule has 0 aliphatic carbocycles. The van der Waals surface area contributed by atoms with Crippen LogP contribution < -0.4 is 4.74 Å². The maximum Gasteiger partial charge on any atom is 0.371 e. The van der Waals surface area contributed by atoms with Gasteiger partial charge in [0.1, 0.15) is 11.5 Å². The van der Waals surface area contributed by atoms with Crippen LogP contribution in [-0.4, -0.2) is 18.2 Å². The molecule has 0 saturated heterocycles. The van der Waals surface area contributed by atoms with Crippen LogP contribution >= 0.6 is 0 Å². The van der Waals surface area contributed by atoms with Crippen molar-refractivity contribution in [3.63, 3.8) is 0 Å². The summed E-state index contributed by atoms with van der Waals surface area (Å²) in [6.07, 6.45) is 3.55. The second-order valence-electron chi connectivity index (χ2n) is 3.61. The lowest BCUT2D eigenvalue weighted by Crippen LogP contribution is -1.91. The van der Waals surface area contributed by atoms with Crippen molar-refractivity contribution in [1.82, 2.24) is 0 Å². The van der Waals surface area contributed by atoms with Crippen LogP contribution in [0.3, 0.4) is 0 Å². The monoisotopic (exact) mass is 244 g/mol. The highest BCUT2D eigenvalue weighted by atomic mass is 16.5. The van der Waals surface area contributed by atoms with Crippen LogP contribution in [0.1, 0.15) is 21.9 Å². The van der Waals surface area contributed by atoms with Gasteiger partial charge in [-0.1, -0.05) is 18.2 Å². The topological polar surface area (TPSA) is 59.7 Å². The van der Waals surface area contributed by atoms with Gasteiger partial charge in [0.25, 0.3) is 0 Å². The van der Waals surface area contributed by atoms with Crippen LogP contribution in [0.4, 0.5) is 0 Å². The average molecular weight is 244 g/mol. The number of methoxy groups -OCH3 is 1. The SMILES string of the molecule is COc1ccc(C=Cc2ccc(C(=O)O)o2)cc1. The van der Waals surface area contributed by atoms with Crippen molar-refractivity contribution in [1.29, 1.82) is 0 Å². The second-order valence-corrected chi connectivity index (χ2v) is 3.61. The summed E-state index contributed by atoms with van der Waals surface area (Å²) in [5.41, 5.74) is 0.976. The molecular formula is C14H12O4. The molecule has 4 nitrogen and oxygen atoms in total. The van der Waals surface area contributed by atoms with E-state index in [0.29, 0.717) is 5.76 Å². The molecular weight excluding hydrogens is 232 g/mol. The lowest BCUT2D eigenvalue weighted by Gasteiger charge is -1.98. The highest BCUT2D eigenvalue weighted by Gasteiger charge is 2.06. The molecule has 1 N–H and O–H groups in total. The highest BCUT2D eigenvalue weighted by Crippen LogP contribution is 2.15. The van der Waals surface area contributed by atoms with E-state index in [0.717, 1.165) is 11.3 Å². The van der Waals surface area contributed by atoms with Gasteiger partial charge >= 0.3 is 5.97 Å². The number of rotatable bonds is 4. The van der Waals surface area contributed by atoms with Gasteiger partial charge in [0, 0.05) is 0 Å². The fourth-order valence-corrected chi connectivity index (χ4v) is 1.45. The minimum absolute atomic E-state index is 0.0654. The Morgan fingerprint density at radius 2 is 1.89 bits per heavy atom. The fourth-order valence-electron chi connectivity index (χ4n) is 1.45. The smallest absolute Gasteiger partial charge is 0.371 e. The molecule has 1 heterocycles. The van der Waals surface area contributed by atoms with Crippen LogP contribution in [0.5, 0.6) is 5.75 Å². The minimum atomic E-state index is -1.07. The number of hydrogen-bond acceptors (Lipinski definition) is 3. The van der Waals surface area contributed by atoms with Gasteiger partial charge in [-0.15, -0.1) is 0 Å². The quantitative estimate of drug-likeness (QED) is 0.897. The Kier molecular flexibility index (Phi) is 3.48. The van der Waals surface area contributed by atoms with E-state index in [4.69, 9.17) is 14.3 Å². The highest BCUT2D eigenvalue weighted by molar-refractivity contribution is 5.84. The van der Waals surface area contributed by atoms with Crippen molar-refractivity contribution >= 4 is 18.1 Å². The summed E-state index contributed by atoms with van der Waals surface area (Å²) in [6.45, 7) is 0. The number of furan rings is 1. The zero-order valence-electron chi connectivity index (χ0n) is 9.79. The molecule has 0 spiro atoms. The molecule has 0 atom stereocenters. The number of carboxylic acid groups (broad SMARTS) is 1. The third-order valence-corrected chi connectivity index (χ3v) is 2.39. The van der Waals surface area contributed by atoms with Gasteiger partial charge < -0.3 is 14.3 Å². The molecule has 4 heteroatoms. The molecule has 18 heavy (non-hydrogen) atoms. The third-order valence-electron chi connectivity index (χ3n) is 2.39. The second kappa shape index (κ2) is 5.23. The summed E-state index contributed by atoms with van der Waals surface area (Å²) < 4.78 is 10.2. The molecule has 92 valence electrons. The van der Waals surface area contributed by atoms with Crippen molar-refractivity contribution in [2.24, 2.45) is 0 Å². The predicted molar refractivity (Wildman–Crippen MR) is 67.6 cm³/mol. The Morgan fingerprint density at radius 1 is 1.17 bits per heavy atom. The van der Waals surface area contributed by atoms with Gasteiger partial charge in [0.05, 0.1) is 7.11 Å². The van der Waals surface area contributed by atoms with E-state index >= 15 is 0 Å². The molecule has 0 aliphatic heterocycles. The summed E-state index contributed by atoms with van der Waals surface area (Å²) in [6, 6.07) is 10.5. The molecule has 0 aliphatic rings. The summed E-state index contributed by atoms with van der Waals surface area (Å²) in [4.78, 5) is 10.6. The van der Waals surface area contributed by atoms with Crippen LogP contribution in [0.2, 0.25) is 0 Å². The molecule has 1 aromatic carbocycles. The number of carbonyl (C=O) groups is 1. The van der Waals surface area contributed by atoms with E-state index in [1.165, 1.54) is 6.07 Å². The lowest BCUT2D eigenvalue weighted by molar-refractivity contribution is 0.0662. The third kappa shape index (κ3) is 2.79. The van der Waals surface area contributed by atoms with Crippen LogP contribution in [0.15, 0.2) is 40.8 Å². The van der Waals surface area contributed by atoms with Gasteiger partial charge in [-0.2, -0.15) is 0 Å². The molecule has 0 fully saturated rings. The van der Waals surface area contributed by atoms with Crippen LogP contribution in [-0.2, 0) is 0 Å². The zero-order valence-corrected chi connectivity index (χ0v) is 9.79. The Hall–Kier alpha value is -2.49. The molecule has 2 rings (SSSR count). The molecule has 0 unspecified atom stereocenters. The molecule has 1 aromatic heterocycles. The maximum atomic E-state index is 10.6. The summed E-state index contributed by atoms with van der Waals surface area (Å²) in [5.74, 6) is 0.157. The number of hydrogen-bond donors (Lipinski definition) is 1. The van der Waals surface area contributed by atoms with Crippen molar-refractivity contribution < 1.29 is 19.1 Å². The average Bonchev–Trinajstić information content (AvgIpc) is 2.86. The first-order chi connectivity index (χ1) is 8.69. The van der Waals surface area contributed by atoms with E-state index < -0.39 is 5.97 Å². The molecule has 0 bridgehead atoms. The Labute approximate surface area is 104 Å². The van der Waals surface area contributed by atoms with E-state index in [-0.39, 0.29) is 5.76 Å². The normalized spacial score (nSPS) is 10.7. The molecule has 2 aromatic rings. The van der Waals surface area contributed by atoms with Gasteiger partial charge in [0.15, 0.2) is 0 Å². The summed E-state index contributed by atoms with van der Waals surface area (Å²) >= 11 is 0. The standard InChI is InChI=1S/C14H12O4/c1-17-11-5-2-10(3-6-11)4-7-12-8-9-13(18-12)14(15)16/h2-9H,1H3,(H,15,16). The number of carboxylic acids is 1. The maximum absolute atomic E-state index is 10.6. The zero-order chi connectivity index (χ0) is 13.0. The summed E-state index contributed by atoms with van der Waals surface area (Å²) in [7, 11) is 1.61. The van der Waals surface area contributed by atoms with E-state index in [9.17, 15) is 4.79 Å². The Morgan fingerprint density at radius 3 is 2.44 bits per heavy atom. The number of ether oxygens (including phenoxy) is 1.